The van der Waals surface area contributed by atoms with Crippen molar-refractivity contribution in [3.8, 4) is 23.0 Å². The summed E-state index contributed by atoms with van der Waals surface area (Å²) in [5, 5.41) is 44.8. The van der Waals surface area contributed by atoms with Gasteiger partial charge in [-0.25, -0.2) is 24.2 Å². The molecule has 0 bridgehead atoms. The number of hydrogen-bond acceptors (Lipinski definition) is 20. The number of primary amides is 1. The number of nitrogens with one attached hydrogen (secondary N) is 4. The largest absolute Gasteiger partial charge is 0.493 e. The molecule has 28 nitrogen and oxygen atoms in total. The molecule has 3 aromatic carbocycles. The van der Waals surface area contributed by atoms with Gasteiger partial charge < -0.3 is 85.4 Å². The number of aliphatic hydroxyl groups excluding tert-OH is 3. The molecule has 5 heterocycles. The summed E-state index contributed by atoms with van der Waals surface area (Å²) in [6.45, 7) is 14.7. The Balaban J connectivity index is 0.814. The molecule has 5 aliphatic heterocycles. The van der Waals surface area contributed by atoms with Crippen LogP contribution in [0.25, 0.3) is 0 Å². The van der Waals surface area contributed by atoms with E-state index in [4.69, 9.17) is 34.2 Å². The van der Waals surface area contributed by atoms with Crippen LogP contribution >= 0.6 is 21.6 Å². The summed E-state index contributed by atoms with van der Waals surface area (Å²) >= 11 is 0. The standard InChI is InChI=1S/C71H94N10O18S2/c1-8-100-101-71(26-12-13-27-71)41-99-70(93)81-51-37-57(55(95-7)35-48(51)65(88)79-39-44(5)33-53(79)67(81)90)97-31-16-10-15-30-96-56-36-50-47(34-54(56)94-6)64(87)78-38-43(4)32-52(78)66(89)80(50)69(92)98-40-45-20-22-46(23-21-45)74-62(85)49(18-17-28-73-68(72)91)75-63(86)61(42(2)3)76-58(82)19-11-9-14-29-77-59(83)24-25-60(77)84/h20-25,34-37,42,49,52-53,59,61,66-67,83,89-90H,4-5,8-19,26-33,38-41H2,1-3,6-7H3,(H,74,85)(H,75,86)(H,76,82)(H3,72,73,91)/t49-,52-,53-,59?,61-,66?,67?/m0/s1. The highest BCUT2D eigenvalue weighted by molar-refractivity contribution is 8.77. The molecule has 6 aliphatic rings. The molecule has 101 heavy (non-hydrogen) atoms. The Labute approximate surface area is 595 Å². The van der Waals surface area contributed by atoms with Crippen LogP contribution in [0, 0.1) is 5.92 Å². The molecule has 3 unspecified atom stereocenters. The van der Waals surface area contributed by atoms with Crippen molar-refractivity contribution in [2.45, 2.75) is 171 Å². The van der Waals surface area contributed by atoms with Crippen LogP contribution in [0.15, 0.2) is 85.0 Å². The fraction of sp³-hybridized carbons (Fsp3) is 0.535. The lowest BCUT2D eigenvalue weighted by molar-refractivity contribution is -0.132. The van der Waals surface area contributed by atoms with Crippen LogP contribution in [0.3, 0.4) is 0 Å². The topological polar surface area (TPSA) is 360 Å². The molecule has 9 N–H and O–H groups in total. The maximum atomic E-state index is 14.4. The van der Waals surface area contributed by atoms with E-state index in [1.807, 2.05) is 0 Å². The highest BCUT2D eigenvalue weighted by Crippen LogP contribution is 2.49. The first-order valence-electron chi connectivity index (χ1n) is 34.4. The number of rotatable bonds is 33. The average Bonchev–Trinajstić information content (AvgIpc) is 1.60. The Morgan fingerprint density at radius 3 is 1.80 bits per heavy atom. The zero-order valence-electron chi connectivity index (χ0n) is 57.9. The third kappa shape index (κ3) is 18.9. The Kier molecular flexibility index (Phi) is 26.7. The summed E-state index contributed by atoms with van der Waals surface area (Å²) in [5.41, 5.74) is 7.78. The van der Waals surface area contributed by atoms with Gasteiger partial charge in [0, 0.05) is 62.2 Å². The second kappa shape index (κ2) is 35.3. The van der Waals surface area contributed by atoms with Crippen molar-refractivity contribution in [2.24, 2.45) is 11.7 Å². The van der Waals surface area contributed by atoms with Gasteiger partial charge in [-0.3, -0.25) is 28.8 Å². The van der Waals surface area contributed by atoms with E-state index in [-0.39, 0.29) is 140 Å². The summed E-state index contributed by atoms with van der Waals surface area (Å²) < 4.78 is 35.7. The molecule has 1 saturated carbocycles. The van der Waals surface area contributed by atoms with Crippen molar-refractivity contribution in [3.05, 3.63) is 102 Å². The predicted molar refractivity (Wildman–Crippen MR) is 379 cm³/mol. The quantitative estimate of drug-likeness (QED) is 0.0165. The van der Waals surface area contributed by atoms with Gasteiger partial charge in [-0.05, 0) is 112 Å². The lowest BCUT2D eigenvalue weighted by Crippen LogP contribution is -2.54. The van der Waals surface area contributed by atoms with E-state index in [9.17, 15) is 58.5 Å². The monoisotopic (exact) mass is 1440 g/mol. The lowest BCUT2D eigenvalue weighted by Gasteiger charge is -2.33. The zero-order chi connectivity index (χ0) is 72.7. The van der Waals surface area contributed by atoms with Gasteiger partial charge in [0.05, 0.1) is 66.8 Å². The lowest BCUT2D eigenvalue weighted by atomic mass is 10.0. The van der Waals surface area contributed by atoms with E-state index in [1.165, 1.54) is 65.3 Å². The van der Waals surface area contributed by atoms with Gasteiger partial charge in [-0.2, -0.15) is 0 Å². The maximum absolute atomic E-state index is 14.4. The van der Waals surface area contributed by atoms with Crippen molar-refractivity contribution in [1.29, 1.82) is 0 Å². The second-order valence-corrected chi connectivity index (χ2v) is 29.4. The smallest absolute Gasteiger partial charge is 0.416 e. The number of benzene rings is 3. The van der Waals surface area contributed by atoms with Crippen LogP contribution in [0.4, 0.5) is 31.4 Å². The van der Waals surface area contributed by atoms with Crippen molar-refractivity contribution in [3.63, 3.8) is 0 Å². The van der Waals surface area contributed by atoms with Gasteiger partial charge in [0.15, 0.2) is 35.5 Å². The Hall–Kier alpha value is -8.71. The number of fused-ring (bicyclic) bond motifs is 4. The minimum atomic E-state index is -1.59. The average molecular weight is 1440 g/mol. The van der Waals surface area contributed by atoms with E-state index in [1.54, 1.807) is 59.7 Å². The summed E-state index contributed by atoms with van der Waals surface area (Å²) in [6.07, 6.45) is 4.86. The number of urea groups is 1. The van der Waals surface area contributed by atoms with Crippen molar-refractivity contribution < 1.29 is 86.9 Å². The Bertz CT molecular complexity index is 3590. The number of methoxy groups -OCH3 is 2. The van der Waals surface area contributed by atoms with Gasteiger partial charge >= 0.3 is 18.2 Å². The highest BCUT2D eigenvalue weighted by atomic mass is 33.1. The molecule has 1 aliphatic carbocycles. The minimum absolute atomic E-state index is 0.00787. The first kappa shape index (κ1) is 76.5. The van der Waals surface area contributed by atoms with Crippen molar-refractivity contribution in [1.82, 2.24) is 30.7 Å². The normalized spacial score (nSPS) is 20.3. The van der Waals surface area contributed by atoms with E-state index in [2.05, 4.69) is 41.3 Å². The summed E-state index contributed by atoms with van der Waals surface area (Å²) in [4.78, 5) is 128. The Morgan fingerprint density at radius 2 is 1.28 bits per heavy atom. The first-order chi connectivity index (χ1) is 48.4. The number of anilines is 3. The summed E-state index contributed by atoms with van der Waals surface area (Å²) in [6, 6.07) is 7.75. The zero-order valence-corrected chi connectivity index (χ0v) is 59.5. The molecule has 7 atom stereocenters. The molecule has 0 spiro atoms. The molecular weight excluding hydrogens is 1340 g/mol. The first-order valence-corrected chi connectivity index (χ1v) is 36.7. The number of aliphatic hydroxyl groups is 3. The molecule has 2 saturated heterocycles. The minimum Gasteiger partial charge on any atom is -0.493 e. The third-order valence-corrected chi connectivity index (χ3v) is 22.0. The number of unbranched alkanes of at least 4 members (excludes halogenated alkanes) is 4. The number of carbonyl (C=O) groups is 9. The fourth-order valence-corrected chi connectivity index (χ4v) is 16.0. The van der Waals surface area contributed by atoms with Crippen LogP contribution in [-0.4, -0.2) is 197 Å². The number of ether oxygens (including phenoxy) is 6. The summed E-state index contributed by atoms with van der Waals surface area (Å²) in [7, 11) is 6.32. The second-order valence-electron chi connectivity index (χ2n) is 26.3. The third-order valence-electron chi connectivity index (χ3n) is 18.7. The van der Waals surface area contributed by atoms with Crippen LogP contribution in [0.5, 0.6) is 23.0 Å². The highest BCUT2D eigenvalue weighted by Gasteiger charge is 2.49. The van der Waals surface area contributed by atoms with Gasteiger partial charge in [0.2, 0.25) is 23.6 Å². The number of amides is 10. The van der Waals surface area contributed by atoms with E-state index < -0.39 is 84.7 Å². The fourth-order valence-electron chi connectivity index (χ4n) is 13.3. The molecular formula is C71H94N10O18S2. The molecule has 30 heteroatoms. The van der Waals surface area contributed by atoms with Crippen LogP contribution in [0.2, 0.25) is 0 Å². The van der Waals surface area contributed by atoms with E-state index >= 15 is 0 Å². The van der Waals surface area contributed by atoms with Crippen LogP contribution < -0.4 is 55.7 Å². The summed E-state index contributed by atoms with van der Waals surface area (Å²) in [5.74, 6) is -1.38. The van der Waals surface area contributed by atoms with Gasteiger partial charge in [-0.1, -0.05) is 98.1 Å². The SMILES string of the molecule is C=C1C[C@H]2C(O)N(C(=O)OCc3ccc(NC(=O)[C@H](CCCNC(N)=O)NC(=O)[C@@H](NC(=O)CCCCCN4C(=O)C=CC4O)C(C)C)cc3)c3cc(OCCCCCOc4cc5c(cc4OC)C(=O)N4CC(=C)C[C@H]4C(O)N5C(=O)OCC4(SSCC)CCCC4)c(OC)cc3C(=O)N2C1. The number of nitrogens with zero attached hydrogens (tertiary/aromatic N) is 5. The van der Waals surface area contributed by atoms with Gasteiger partial charge in [0.1, 0.15) is 31.5 Å². The molecule has 0 aromatic heterocycles. The Morgan fingerprint density at radius 1 is 0.713 bits per heavy atom. The van der Waals surface area contributed by atoms with E-state index in [0.717, 1.165) is 46.8 Å². The number of nitrogens with two attached hydrogens (primary N) is 1. The van der Waals surface area contributed by atoms with Crippen molar-refractivity contribution in [2.75, 3.05) is 81.1 Å². The van der Waals surface area contributed by atoms with Gasteiger partial charge in [-0.15, -0.1) is 0 Å². The molecule has 3 aromatic rings. The maximum Gasteiger partial charge on any atom is 0.416 e. The van der Waals surface area contributed by atoms with Crippen LogP contribution in [-0.2, 0) is 35.3 Å². The van der Waals surface area contributed by atoms with Crippen molar-refractivity contribution >= 4 is 92.3 Å². The van der Waals surface area contributed by atoms with E-state index in [0.29, 0.717) is 68.3 Å². The molecule has 548 valence electrons. The predicted octanol–water partition coefficient (Wildman–Crippen LogP) is 7.63. The molecule has 3 fully saturated rings. The number of hydrogen-bond donors (Lipinski definition) is 8. The van der Waals surface area contributed by atoms with Crippen LogP contribution in [0.1, 0.15) is 143 Å². The molecule has 0 radical (unpaired) electrons. The van der Waals surface area contributed by atoms with Gasteiger partial charge in [0.25, 0.3) is 11.8 Å². The molecule has 9 rings (SSSR count). The molecule has 10 amide bonds. The number of carbonyl (C=O) groups excluding carboxylic acids is 9.